The van der Waals surface area contributed by atoms with E-state index in [-0.39, 0.29) is 10.7 Å². The van der Waals surface area contributed by atoms with Crippen LogP contribution in [0.3, 0.4) is 0 Å². The zero-order valence-corrected chi connectivity index (χ0v) is 16.3. The van der Waals surface area contributed by atoms with Gasteiger partial charge in [-0.25, -0.2) is 4.90 Å². The fourth-order valence-corrected chi connectivity index (χ4v) is 3.80. The van der Waals surface area contributed by atoms with Crippen molar-refractivity contribution in [2.24, 2.45) is 11.1 Å². The molecule has 0 N–H and O–H groups in total. The Balaban J connectivity index is 1.73. The number of nitrogens with zero attached hydrogens (tertiary/aromatic N) is 2. The maximum Gasteiger partial charge on any atom is 0.279 e. The Hall–Kier alpha value is -2.77. The minimum absolute atomic E-state index is 0.190. The van der Waals surface area contributed by atoms with Crippen LogP contribution in [0.5, 0.6) is 11.5 Å². The molecule has 0 bridgehead atoms. The average molecular weight is 421 g/mol. The van der Waals surface area contributed by atoms with Crippen molar-refractivity contribution >= 4 is 46.4 Å². The number of methoxy groups -OCH3 is 2. The third-order valence-corrected chi connectivity index (χ3v) is 5.19. The molecule has 9 heteroatoms. The molecule has 0 unspecified atom stereocenters. The second-order valence-corrected chi connectivity index (χ2v) is 7.00. The number of hydrogen-bond donors (Lipinski definition) is 0. The van der Waals surface area contributed by atoms with Gasteiger partial charge in [-0.05, 0) is 30.3 Å². The van der Waals surface area contributed by atoms with E-state index in [0.29, 0.717) is 27.8 Å². The van der Waals surface area contributed by atoms with Crippen LogP contribution in [0.4, 0.5) is 5.69 Å². The number of oxime groups is 1. The summed E-state index contributed by atoms with van der Waals surface area (Å²) in [5, 5.41) is 4.58. The number of amides is 2. The van der Waals surface area contributed by atoms with Gasteiger partial charge in [-0.2, -0.15) is 0 Å². The third kappa shape index (κ3) is 2.78. The molecule has 7 nitrogen and oxygen atoms in total. The van der Waals surface area contributed by atoms with E-state index in [0.717, 1.165) is 4.90 Å². The van der Waals surface area contributed by atoms with Crippen LogP contribution in [0, 0.1) is 5.92 Å². The number of rotatable bonds is 4. The maximum absolute atomic E-state index is 13.1. The van der Waals surface area contributed by atoms with Crippen LogP contribution in [-0.2, 0) is 14.4 Å². The summed E-state index contributed by atoms with van der Waals surface area (Å²) < 4.78 is 10.6. The molecule has 4 rings (SSSR count). The number of benzene rings is 2. The molecular weight excluding hydrogens is 407 g/mol. The minimum atomic E-state index is -1.05. The molecule has 1 fully saturated rings. The number of fused-ring (bicyclic) bond motifs is 1. The second-order valence-electron chi connectivity index (χ2n) is 6.15. The van der Waals surface area contributed by atoms with Crippen LogP contribution >= 0.6 is 23.2 Å². The van der Waals surface area contributed by atoms with Crippen molar-refractivity contribution in [3.05, 3.63) is 52.0 Å². The fourth-order valence-electron chi connectivity index (χ4n) is 3.31. The lowest BCUT2D eigenvalue weighted by atomic mass is 9.93. The smallest absolute Gasteiger partial charge is 0.279 e. The summed E-state index contributed by atoms with van der Waals surface area (Å²) in [7, 11) is 3.03. The lowest BCUT2D eigenvalue weighted by Gasteiger charge is -2.17. The predicted molar refractivity (Wildman–Crippen MR) is 103 cm³/mol. The Bertz CT molecular complexity index is 1020. The summed E-state index contributed by atoms with van der Waals surface area (Å²) in [5.41, 5.74) is 1.11. The van der Waals surface area contributed by atoms with Crippen molar-refractivity contribution in [1.82, 2.24) is 0 Å². The molecule has 1 saturated heterocycles. The number of carbonyl (C=O) groups is 2. The van der Waals surface area contributed by atoms with Crippen LogP contribution in [0.25, 0.3) is 0 Å². The Morgan fingerprint density at radius 1 is 1.04 bits per heavy atom. The van der Waals surface area contributed by atoms with Crippen LogP contribution in [0.15, 0.2) is 41.6 Å². The number of imide groups is 1. The highest BCUT2D eigenvalue weighted by molar-refractivity contribution is 6.40. The van der Waals surface area contributed by atoms with Crippen LogP contribution in [-0.4, -0.2) is 37.8 Å². The summed E-state index contributed by atoms with van der Waals surface area (Å²) >= 11 is 12.1. The highest BCUT2D eigenvalue weighted by Crippen LogP contribution is 2.40. The summed E-state index contributed by atoms with van der Waals surface area (Å²) in [6, 6.07) is 9.63. The van der Waals surface area contributed by atoms with Crippen molar-refractivity contribution in [3.63, 3.8) is 0 Å². The highest BCUT2D eigenvalue weighted by atomic mass is 35.5. The molecule has 2 aliphatic heterocycles. The lowest BCUT2D eigenvalue weighted by molar-refractivity contribution is -0.126. The molecule has 0 aromatic heterocycles. The molecule has 0 saturated carbocycles. The van der Waals surface area contributed by atoms with Gasteiger partial charge in [0.15, 0.2) is 0 Å². The van der Waals surface area contributed by atoms with E-state index >= 15 is 0 Å². The van der Waals surface area contributed by atoms with Crippen LogP contribution in [0.2, 0.25) is 10.0 Å². The van der Waals surface area contributed by atoms with E-state index in [1.54, 1.807) is 24.3 Å². The molecule has 144 valence electrons. The largest absolute Gasteiger partial charge is 0.497 e. The van der Waals surface area contributed by atoms with E-state index in [9.17, 15) is 9.59 Å². The van der Waals surface area contributed by atoms with Crippen molar-refractivity contribution in [1.29, 1.82) is 0 Å². The first-order chi connectivity index (χ1) is 13.5. The predicted octanol–water partition coefficient (Wildman–Crippen LogP) is 3.30. The van der Waals surface area contributed by atoms with Gasteiger partial charge in [-0.15, -0.1) is 0 Å². The van der Waals surface area contributed by atoms with Crippen LogP contribution < -0.4 is 14.4 Å². The van der Waals surface area contributed by atoms with Crippen LogP contribution in [0.1, 0.15) is 5.56 Å². The highest BCUT2D eigenvalue weighted by Gasteiger charge is 2.56. The van der Waals surface area contributed by atoms with Gasteiger partial charge in [0.25, 0.3) is 5.91 Å². The van der Waals surface area contributed by atoms with E-state index in [2.05, 4.69) is 5.16 Å². The summed E-state index contributed by atoms with van der Waals surface area (Å²) in [4.78, 5) is 32.3. The second kappa shape index (κ2) is 7.00. The van der Waals surface area contributed by atoms with E-state index < -0.39 is 23.8 Å². The Labute approximate surface area is 170 Å². The number of ether oxygens (including phenoxy) is 2. The molecule has 2 aliphatic rings. The van der Waals surface area contributed by atoms with Crippen molar-refractivity contribution < 1.29 is 23.9 Å². The molecular formula is C19H14Cl2N2O5. The molecule has 2 aromatic carbocycles. The number of anilines is 1. The quantitative estimate of drug-likeness (QED) is 0.709. The molecule has 2 heterocycles. The van der Waals surface area contributed by atoms with Crippen molar-refractivity contribution in [3.8, 4) is 11.5 Å². The number of halogens is 2. The molecule has 2 aromatic rings. The van der Waals surface area contributed by atoms with E-state index in [1.165, 1.54) is 26.4 Å². The third-order valence-electron chi connectivity index (χ3n) is 4.65. The van der Waals surface area contributed by atoms with E-state index in [1.807, 2.05) is 0 Å². The normalized spacial score (nSPS) is 20.7. The van der Waals surface area contributed by atoms with Gasteiger partial charge in [0.2, 0.25) is 12.0 Å². The first kappa shape index (κ1) is 18.6. The standard InChI is InChI=1S/C19H14Cl2N2O5/c1-26-10-4-5-11(14(8-10)27-2)16-15-17(28-22-16)19(25)23(18(15)24)13-6-3-9(20)7-12(13)21/h3-8,15,17H,1-2H3/t15-,17-/m1/s1. The molecule has 0 radical (unpaired) electrons. The summed E-state index contributed by atoms with van der Waals surface area (Å²) in [5.74, 6) is -0.883. The monoisotopic (exact) mass is 420 g/mol. The van der Waals surface area contributed by atoms with Gasteiger partial charge in [-0.3, -0.25) is 9.59 Å². The average Bonchev–Trinajstić information content (AvgIpc) is 3.22. The Kier molecular flexibility index (Phi) is 4.64. The summed E-state index contributed by atoms with van der Waals surface area (Å²) in [6.45, 7) is 0. The SMILES string of the molecule is COc1ccc(C2=NO[C@H]3C(=O)N(c4ccc(Cl)cc4Cl)C(=O)[C@H]23)c(OC)c1. The van der Waals surface area contributed by atoms with Gasteiger partial charge >= 0.3 is 0 Å². The van der Waals surface area contributed by atoms with Gasteiger partial charge in [0, 0.05) is 16.7 Å². The van der Waals surface area contributed by atoms with Gasteiger partial charge < -0.3 is 14.3 Å². The first-order valence-corrected chi connectivity index (χ1v) is 9.01. The molecule has 0 spiro atoms. The van der Waals surface area contributed by atoms with E-state index in [4.69, 9.17) is 37.5 Å². The molecule has 2 amide bonds. The lowest BCUT2D eigenvalue weighted by Crippen LogP contribution is -2.33. The Morgan fingerprint density at radius 3 is 2.50 bits per heavy atom. The number of carbonyl (C=O) groups excluding carboxylic acids is 2. The Morgan fingerprint density at radius 2 is 1.82 bits per heavy atom. The number of hydrogen-bond acceptors (Lipinski definition) is 6. The van der Waals surface area contributed by atoms with Crippen molar-refractivity contribution in [2.45, 2.75) is 6.10 Å². The zero-order valence-electron chi connectivity index (χ0n) is 14.8. The fraction of sp³-hybridized carbons (Fsp3) is 0.211. The topological polar surface area (TPSA) is 77.4 Å². The zero-order chi connectivity index (χ0) is 20.0. The summed E-state index contributed by atoms with van der Waals surface area (Å²) in [6.07, 6.45) is -1.05. The minimum Gasteiger partial charge on any atom is -0.497 e. The van der Waals surface area contributed by atoms with Gasteiger partial charge in [-0.1, -0.05) is 28.4 Å². The van der Waals surface area contributed by atoms with Gasteiger partial charge in [0.1, 0.15) is 23.1 Å². The maximum atomic E-state index is 13.1. The molecule has 28 heavy (non-hydrogen) atoms. The molecule has 0 aliphatic carbocycles. The van der Waals surface area contributed by atoms with Crippen molar-refractivity contribution in [2.75, 3.05) is 19.1 Å². The first-order valence-electron chi connectivity index (χ1n) is 8.25. The molecule has 2 atom stereocenters. The van der Waals surface area contributed by atoms with Gasteiger partial charge in [0.05, 0.1) is 24.9 Å².